The molecular formula is C15H32N2O. The molecule has 3 nitrogen and oxygen atoms in total. The van der Waals surface area contributed by atoms with Crippen LogP contribution >= 0.6 is 0 Å². The Morgan fingerprint density at radius 2 is 1.89 bits per heavy atom. The van der Waals surface area contributed by atoms with Crippen molar-refractivity contribution in [1.82, 2.24) is 4.90 Å². The molecule has 1 aliphatic rings. The second-order valence-corrected chi connectivity index (χ2v) is 6.81. The molecule has 1 saturated heterocycles. The van der Waals surface area contributed by atoms with Crippen molar-refractivity contribution in [2.24, 2.45) is 11.1 Å². The molecule has 1 heterocycles. The molecule has 0 aromatic carbocycles. The number of hydrogen-bond acceptors (Lipinski definition) is 3. The third-order valence-electron chi connectivity index (χ3n) is 3.63. The summed E-state index contributed by atoms with van der Waals surface area (Å²) < 4.78 is 5.67. The minimum atomic E-state index is 0.342. The minimum absolute atomic E-state index is 0.342. The van der Waals surface area contributed by atoms with Crippen LogP contribution in [0.1, 0.15) is 53.4 Å². The Labute approximate surface area is 113 Å². The van der Waals surface area contributed by atoms with Gasteiger partial charge in [-0.1, -0.05) is 20.8 Å². The normalized spacial score (nSPS) is 21.2. The van der Waals surface area contributed by atoms with Crippen LogP contribution in [0.5, 0.6) is 0 Å². The maximum atomic E-state index is 6.20. The Hall–Kier alpha value is -0.120. The molecule has 1 fully saturated rings. The lowest BCUT2D eigenvalue weighted by Gasteiger charge is -2.32. The van der Waals surface area contributed by atoms with E-state index >= 15 is 0 Å². The lowest BCUT2D eigenvalue weighted by molar-refractivity contribution is 0.0136. The summed E-state index contributed by atoms with van der Waals surface area (Å²) in [5.41, 5.74) is 6.55. The standard InChI is InChI=1S/C15H32N2O/c1-5-18-14-7-10-17(11-8-14)9-6-13(16)12-15(2,3)4/h13-14H,5-12,16H2,1-4H3. The Bertz CT molecular complexity index is 217. The minimum Gasteiger partial charge on any atom is -0.378 e. The molecule has 0 spiro atoms. The smallest absolute Gasteiger partial charge is 0.0599 e. The van der Waals surface area contributed by atoms with Crippen molar-refractivity contribution >= 4 is 0 Å². The van der Waals surface area contributed by atoms with Gasteiger partial charge in [0.25, 0.3) is 0 Å². The molecule has 108 valence electrons. The highest BCUT2D eigenvalue weighted by molar-refractivity contribution is 4.76. The van der Waals surface area contributed by atoms with E-state index < -0.39 is 0 Å². The third kappa shape index (κ3) is 6.72. The summed E-state index contributed by atoms with van der Waals surface area (Å²) in [5.74, 6) is 0. The van der Waals surface area contributed by atoms with E-state index in [1.54, 1.807) is 0 Å². The van der Waals surface area contributed by atoms with E-state index in [-0.39, 0.29) is 0 Å². The molecule has 0 saturated carbocycles. The zero-order valence-corrected chi connectivity index (χ0v) is 12.7. The molecule has 0 aromatic heterocycles. The topological polar surface area (TPSA) is 38.5 Å². The first-order valence-corrected chi connectivity index (χ1v) is 7.50. The van der Waals surface area contributed by atoms with Crippen LogP contribution < -0.4 is 5.73 Å². The first-order chi connectivity index (χ1) is 8.40. The molecule has 1 rings (SSSR count). The van der Waals surface area contributed by atoms with E-state index in [9.17, 15) is 0 Å². The molecule has 0 bridgehead atoms. The third-order valence-corrected chi connectivity index (χ3v) is 3.63. The van der Waals surface area contributed by atoms with Gasteiger partial charge in [-0.2, -0.15) is 0 Å². The highest BCUT2D eigenvalue weighted by Crippen LogP contribution is 2.21. The second kappa shape index (κ2) is 7.46. The molecule has 1 atom stereocenters. The van der Waals surface area contributed by atoms with Gasteiger partial charge in [-0.3, -0.25) is 0 Å². The highest BCUT2D eigenvalue weighted by Gasteiger charge is 2.20. The number of rotatable bonds is 6. The van der Waals surface area contributed by atoms with Crippen molar-refractivity contribution in [2.45, 2.75) is 65.5 Å². The van der Waals surface area contributed by atoms with Crippen molar-refractivity contribution in [1.29, 1.82) is 0 Å². The van der Waals surface area contributed by atoms with Crippen LogP contribution in [0.2, 0.25) is 0 Å². The number of ether oxygens (including phenoxy) is 1. The van der Waals surface area contributed by atoms with Gasteiger partial charge < -0.3 is 15.4 Å². The maximum absolute atomic E-state index is 6.20. The van der Waals surface area contributed by atoms with Crippen LogP contribution in [0, 0.1) is 5.41 Å². The molecule has 0 radical (unpaired) electrons. The van der Waals surface area contributed by atoms with Gasteiger partial charge in [-0.25, -0.2) is 0 Å². The van der Waals surface area contributed by atoms with Gasteiger partial charge >= 0.3 is 0 Å². The largest absolute Gasteiger partial charge is 0.378 e. The Morgan fingerprint density at radius 3 is 2.39 bits per heavy atom. The van der Waals surface area contributed by atoms with Crippen molar-refractivity contribution in [3.05, 3.63) is 0 Å². The van der Waals surface area contributed by atoms with Gasteiger partial charge in [-0.15, -0.1) is 0 Å². The van der Waals surface area contributed by atoms with Crippen LogP contribution in [-0.2, 0) is 4.74 Å². The average molecular weight is 256 g/mol. The van der Waals surface area contributed by atoms with Gasteiger partial charge in [0.2, 0.25) is 0 Å². The van der Waals surface area contributed by atoms with Crippen molar-refractivity contribution in [3.63, 3.8) is 0 Å². The Morgan fingerprint density at radius 1 is 1.28 bits per heavy atom. The number of hydrogen-bond donors (Lipinski definition) is 1. The fourth-order valence-electron chi connectivity index (χ4n) is 2.77. The van der Waals surface area contributed by atoms with Gasteiger partial charge in [0, 0.05) is 25.7 Å². The van der Waals surface area contributed by atoms with Gasteiger partial charge in [-0.05, 0) is 44.6 Å². The fraction of sp³-hybridized carbons (Fsp3) is 1.00. The van der Waals surface area contributed by atoms with Crippen molar-refractivity contribution < 1.29 is 4.74 Å². The summed E-state index contributed by atoms with van der Waals surface area (Å²) in [4.78, 5) is 2.54. The predicted octanol–water partition coefficient (Wildman–Crippen LogP) is 2.64. The van der Waals surface area contributed by atoms with Crippen LogP contribution in [0.15, 0.2) is 0 Å². The SMILES string of the molecule is CCOC1CCN(CCC(N)CC(C)(C)C)CC1. The monoisotopic (exact) mass is 256 g/mol. The Balaban J connectivity index is 2.14. The van der Waals surface area contributed by atoms with Gasteiger partial charge in [0.05, 0.1) is 6.10 Å². The predicted molar refractivity (Wildman–Crippen MR) is 77.8 cm³/mol. The molecule has 0 amide bonds. The summed E-state index contributed by atoms with van der Waals surface area (Å²) in [5, 5.41) is 0. The maximum Gasteiger partial charge on any atom is 0.0599 e. The van der Waals surface area contributed by atoms with Gasteiger partial charge in [0.15, 0.2) is 0 Å². The molecule has 0 aromatic rings. The summed E-state index contributed by atoms with van der Waals surface area (Å²) in [6.07, 6.45) is 5.10. The van der Waals surface area contributed by atoms with E-state index in [2.05, 4.69) is 32.6 Å². The van der Waals surface area contributed by atoms with E-state index in [4.69, 9.17) is 10.5 Å². The van der Waals surface area contributed by atoms with Crippen LogP contribution in [-0.4, -0.2) is 43.3 Å². The molecule has 1 aliphatic heterocycles. The van der Waals surface area contributed by atoms with Crippen LogP contribution in [0.3, 0.4) is 0 Å². The summed E-state index contributed by atoms with van der Waals surface area (Å²) in [6, 6.07) is 0.342. The fourth-order valence-corrected chi connectivity index (χ4v) is 2.77. The first-order valence-electron chi connectivity index (χ1n) is 7.50. The number of nitrogens with two attached hydrogens (primary N) is 1. The molecular weight excluding hydrogens is 224 g/mol. The zero-order valence-electron chi connectivity index (χ0n) is 12.7. The molecule has 2 N–H and O–H groups in total. The van der Waals surface area contributed by atoms with Crippen molar-refractivity contribution in [2.75, 3.05) is 26.2 Å². The van der Waals surface area contributed by atoms with Crippen LogP contribution in [0.4, 0.5) is 0 Å². The summed E-state index contributed by atoms with van der Waals surface area (Å²) >= 11 is 0. The highest BCUT2D eigenvalue weighted by atomic mass is 16.5. The van der Waals surface area contributed by atoms with Crippen LogP contribution in [0.25, 0.3) is 0 Å². The lowest BCUT2D eigenvalue weighted by Crippen LogP contribution is -2.39. The first kappa shape index (κ1) is 15.9. The van der Waals surface area contributed by atoms with E-state index in [0.29, 0.717) is 17.6 Å². The Kier molecular flexibility index (Phi) is 6.61. The lowest BCUT2D eigenvalue weighted by atomic mass is 9.87. The number of likely N-dealkylation sites (tertiary alicyclic amines) is 1. The average Bonchev–Trinajstić information content (AvgIpc) is 2.26. The number of piperidine rings is 1. The molecule has 18 heavy (non-hydrogen) atoms. The van der Waals surface area contributed by atoms with E-state index in [1.807, 2.05) is 0 Å². The summed E-state index contributed by atoms with van der Waals surface area (Å²) in [7, 11) is 0. The second-order valence-electron chi connectivity index (χ2n) is 6.81. The van der Waals surface area contributed by atoms with E-state index in [1.165, 1.54) is 25.9 Å². The van der Waals surface area contributed by atoms with Gasteiger partial charge in [0.1, 0.15) is 0 Å². The van der Waals surface area contributed by atoms with Crippen molar-refractivity contribution in [3.8, 4) is 0 Å². The van der Waals surface area contributed by atoms with E-state index in [0.717, 1.165) is 26.0 Å². The molecule has 0 aliphatic carbocycles. The zero-order chi connectivity index (χ0) is 13.6. The number of nitrogens with zero attached hydrogens (tertiary/aromatic N) is 1. The molecule has 1 unspecified atom stereocenters. The summed E-state index contributed by atoms with van der Waals surface area (Å²) in [6.45, 7) is 13.2. The quantitative estimate of drug-likeness (QED) is 0.794. The molecule has 3 heteroatoms.